The van der Waals surface area contributed by atoms with Gasteiger partial charge >= 0.3 is 0 Å². The van der Waals surface area contributed by atoms with Crippen molar-refractivity contribution in [1.29, 1.82) is 0 Å². The van der Waals surface area contributed by atoms with Crippen molar-refractivity contribution >= 4 is 5.91 Å². The molecule has 1 aromatic heterocycles. The van der Waals surface area contributed by atoms with Crippen LogP contribution in [0.3, 0.4) is 0 Å². The van der Waals surface area contributed by atoms with E-state index in [4.69, 9.17) is 0 Å². The van der Waals surface area contributed by atoms with E-state index in [-0.39, 0.29) is 23.2 Å². The van der Waals surface area contributed by atoms with E-state index < -0.39 is 0 Å². The van der Waals surface area contributed by atoms with E-state index in [2.05, 4.69) is 31.7 Å². The summed E-state index contributed by atoms with van der Waals surface area (Å²) in [5, 5.41) is 3.11. The zero-order valence-electron chi connectivity index (χ0n) is 17.3. The number of fused-ring (bicyclic) bond motifs is 1. The molecule has 1 N–H and O–H groups in total. The van der Waals surface area contributed by atoms with Gasteiger partial charge in [0, 0.05) is 38.6 Å². The molecule has 0 bridgehead atoms. The largest absolute Gasteiger partial charge is 0.351 e. The summed E-state index contributed by atoms with van der Waals surface area (Å²) in [7, 11) is 4.14. The Morgan fingerprint density at radius 1 is 1.31 bits per heavy atom. The molecule has 1 amide bonds. The van der Waals surface area contributed by atoms with E-state index in [0.717, 1.165) is 56.8 Å². The zero-order chi connectivity index (χ0) is 20.4. The van der Waals surface area contributed by atoms with Gasteiger partial charge in [0.05, 0.1) is 12.0 Å². The monoisotopic (exact) mass is 399 g/mol. The maximum Gasteiger partial charge on any atom is 0.228 e. The molecule has 2 atom stereocenters. The lowest BCUT2D eigenvalue weighted by atomic mass is 9.67. The number of hydrogen-bond acceptors (Lipinski definition) is 4. The molecule has 4 rings (SSSR count). The molecule has 2 aliphatic rings. The average Bonchev–Trinajstić information content (AvgIpc) is 3.11. The Kier molecular flexibility index (Phi) is 5.69. The fraction of sp³-hybridized carbons (Fsp3) is 0.545. The van der Waals surface area contributed by atoms with Crippen LogP contribution >= 0.6 is 0 Å². The highest BCUT2D eigenvalue weighted by Gasteiger charge is 2.51. The van der Waals surface area contributed by atoms with E-state index in [1.165, 1.54) is 12.1 Å². The van der Waals surface area contributed by atoms with Gasteiger partial charge in [-0.2, -0.15) is 0 Å². The second kappa shape index (κ2) is 8.24. The lowest BCUT2D eigenvalue weighted by Crippen LogP contribution is -2.64. The molecule has 1 aromatic carbocycles. The second-order valence-corrected chi connectivity index (χ2v) is 8.51. The van der Waals surface area contributed by atoms with Crippen molar-refractivity contribution in [3.63, 3.8) is 0 Å². The lowest BCUT2D eigenvalue weighted by Gasteiger charge is -2.53. The van der Waals surface area contributed by atoms with Gasteiger partial charge in [0.15, 0.2) is 0 Å². The fourth-order valence-corrected chi connectivity index (χ4v) is 4.96. The van der Waals surface area contributed by atoms with Crippen LogP contribution in [0.15, 0.2) is 36.7 Å². The summed E-state index contributed by atoms with van der Waals surface area (Å²) in [5.41, 5.74) is 0.418. The Balaban J connectivity index is 1.46. The normalized spacial score (nSPS) is 25.6. The molecule has 0 unspecified atom stereocenters. The lowest BCUT2D eigenvalue weighted by molar-refractivity contribution is -0.144. The van der Waals surface area contributed by atoms with Crippen LogP contribution in [0.4, 0.5) is 4.39 Å². The molecular formula is C22H30FN5O. The topological polar surface area (TPSA) is 53.4 Å². The first-order valence-corrected chi connectivity index (χ1v) is 10.4. The standard InChI is InChI=1S/C22H30FN5O/c1-26-10-4-7-22(21(29)25-14-17-5-3-6-18(23)13-17)8-11-28(15-19(22)26)16-20-24-9-12-27(20)2/h3,5-6,9,12-13,19H,4,7-8,10-11,14-16H2,1-2H3,(H,25,29)/t19-,22+/m0/s1. The first kappa shape index (κ1) is 20.0. The van der Waals surface area contributed by atoms with Gasteiger partial charge in [0.2, 0.25) is 5.91 Å². The van der Waals surface area contributed by atoms with Crippen LogP contribution in [0.25, 0.3) is 0 Å². The van der Waals surface area contributed by atoms with Crippen LogP contribution in [0.5, 0.6) is 0 Å². The number of aryl methyl sites for hydroxylation is 1. The number of nitrogens with zero attached hydrogens (tertiary/aromatic N) is 4. The van der Waals surface area contributed by atoms with Crippen LogP contribution in [0.2, 0.25) is 0 Å². The number of halogens is 1. The van der Waals surface area contributed by atoms with Gasteiger partial charge < -0.3 is 14.8 Å². The first-order valence-electron chi connectivity index (χ1n) is 10.4. The van der Waals surface area contributed by atoms with Crippen LogP contribution in [0.1, 0.15) is 30.7 Å². The van der Waals surface area contributed by atoms with E-state index in [1.54, 1.807) is 6.07 Å². The Hall–Kier alpha value is -2.25. The van der Waals surface area contributed by atoms with E-state index in [9.17, 15) is 9.18 Å². The molecule has 2 fully saturated rings. The summed E-state index contributed by atoms with van der Waals surface area (Å²) in [4.78, 5) is 22.6. The number of piperidine rings is 2. The molecule has 3 heterocycles. The SMILES string of the molecule is CN1CCC[C@@]2(C(=O)NCc3cccc(F)c3)CCN(Cc3nccn3C)C[C@H]12. The summed E-state index contributed by atoms with van der Waals surface area (Å²) in [6, 6.07) is 6.62. The summed E-state index contributed by atoms with van der Waals surface area (Å²) in [6.07, 6.45) is 6.57. The third-order valence-corrected chi connectivity index (χ3v) is 6.69. The van der Waals surface area contributed by atoms with Gasteiger partial charge in [-0.25, -0.2) is 9.37 Å². The summed E-state index contributed by atoms with van der Waals surface area (Å²) < 4.78 is 15.5. The number of carbonyl (C=O) groups is 1. The predicted molar refractivity (Wildman–Crippen MR) is 109 cm³/mol. The third-order valence-electron chi connectivity index (χ3n) is 6.69. The number of likely N-dealkylation sites (tertiary alicyclic amines) is 2. The van der Waals surface area contributed by atoms with Crippen molar-refractivity contribution < 1.29 is 9.18 Å². The quantitative estimate of drug-likeness (QED) is 0.837. The number of aromatic nitrogens is 2. The molecule has 2 aliphatic heterocycles. The molecule has 0 saturated carbocycles. The fourth-order valence-electron chi connectivity index (χ4n) is 4.96. The molecule has 2 saturated heterocycles. The Morgan fingerprint density at radius 3 is 2.93 bits per heavy atom. The van der Waals surface area contributed by atoms with Crippen LogP contribution in [-0.4, -0.2) is 58.0 Å². The van der Waals surface area contributed by atoms with Gasteiger partial charge in [-0.1, -0.05) is 12.1 Å². The van der Waals surface area contributed by atoms with Crippen LogP contribution in [0, 0.1) is 11.2 Å². The Morgan fingerprint density at radius 2 is 2.17 bits per heavy atom. The summed E-state index contributed by atoms with van der Waals surface area (Å²) in [6.45, 7) is 3.92. The molecule has 29 heavy (non-hydrogen) atoms. The number of benzene rings is 1. The van der Waals surface area contributed by atoms with Gasteiger partial charge in [-0.3, -0.25) is 9.69 Å². The summed E-state index contributed by atoms with van der Waals surface area (Å²) in [5.74, 6) is 0.884. The van der Waals surface area contributed by atoms with E-state index in [1.807, 2.05) is 25.5 Å². The van der Waals surface area contributed by atoms with Crippen molar-refractivity contribution in [2.45, 2.75) is 38.4 Å². The van der Waals surface area contributed by atoms with Gasteiger partial charge in [-0.05, 0) is 57.1 Å². The second-order valence-electron chi connectivity index (χ2n) is 8.51. The number of imidazole rings is 1. The Bertz CT molecular complexity index is 868. The molecule has 6 nitrogen and oxygen atoms in total. The highest BCUT2D eigenvalue weighted by atomic mass is 19.1. The molecule has 7 heteroatoms. The van der Waals surface area contributed by atoms with Crippen LogP contribution in [-0.2, 0) is 24.9 Å². The van der Waals surface area contributed by atoms with Crippen molar-refractivity contribution in [1.82, 2.24) is 24.7 Å². The highest BCUT2D eigenvalue weighted by Crippen LogP contribution is 2.42. The third kappa shape index (κ3) is 4.07. The average molecular weight is 400 g/mol. The first-order chi connectivity index (χ1) is 14.0. The number of amides is 1. The van der Waals surface area contributed by atoms with Crippen molar-refractivity contribution in [2.24, 2.45) is 12.5 Å². The summed E-state index contributed by atoms with van der Waals surface area (Å²) >= 11 is 0. The maximum absolute atomic E-state index is 13.5. The molecule has 0 spiro atoms. The van der Waals surface area contributed by atoms with E-state index >= 15 is 0 Å². The van der Waals surface area contributed by atoms with Crippen molar-refractivity contribution in [2.75, 3.05) is 26.7 Å². The smallest absolute Gasteiger partial charge is 0.228 e. The van der Waals surface area contributed by atoms with Gasteiger partial charge in [0.1, 0.15) is 11.6 Å². The Labute approximate surface area is 171 Å². The van der Waals surface area contributed by atoms with Gasteiger partial charge in [-0.15, -0.1) is 0 Å². The predicted octanol–water partition coefficient (Wildman–Crippen LogP) is 2.16. The molecular weight excluding hydrogens is 369 g/mol. The number of nitrogens with one attached hydrogen (secondary N) is 1. The number of rotatable bonds is 5. The number of hydrogen-bond donors (Lipinski definition) is 1. The van der Waals surface area contributed by atoms with Crippen LogP contribution < -0.4 is 5.32 Å². The molecule has 2 aromatic rings. The minimum atomic E-state index is -0.377. The maximum atomic E-state index is 13.5. The number of likely N-dealkylation sites (N-methyl/N-ethyl adjacent to an activating group) is 1. The van der Waals surface area contributed by atoms with Gasteiger partial charge in [0.25, 0.3) is 0 Å². The van der Waals surface area contributed by atoms with Crippen molar-refractivity contribution in [3.05, 3.63) is 53.9 Å². The van der Waals surface area contributed by atoms with E-state index in [0.29, 0.717) is 6.54 Å². The zero-order valence-corrected chi connectivity index (χ0v) is 17.3. The highest BCUT2D eigenvalue weighted by molar-refractivity contribution is 5.84. The molecule has 156 valence electrons. The minimum absolute atomic E-state index is 0.106. The van der Waals surface area contributed by atoms with Crippen molar-refractivity contribution in [3.8, 4) is 0 Å². The molecule has 0 radical (unpaired) electrons. The number of carbonyl (C=O) groups excluding carboxylic acids is 1. The molecule has 0 aliphatic carbocycles. The minimum Gasteiger partial charge on any atom is -0.351 e.